The van der Waals surface area contributed by atoms with Crippen molar-refractivity contribution in [3.05, 3.63) is 71.8 Å². The molecule has 15 heteroatoms. The molecular weight excluding hydrogens is 612 g/mol. The zero-order valence-electron chi connectivity index (χ0n) is 26.0. The molecule has 0 aromatic heterocycles. The molecule has 0 bridgehead atoms. The van der Waals surface area contributed by atoms with E-state index in [1.165, 1.54) is 0 Å². The van der Waals surface area contributed by atoms with Crippen molar-refractivity contribution in [3.63, 3.8) is 0 Å². The first kappa shape index (κ1) is 36.6. The Bertz CT molecular complexity index is 1380. The second kappa shape index (κ2) is 18.3. The standard InChI is InChI=1S/C32H42N6O9/c1-19(12-13-39)27-32(47)36-23(15-21-10-6-3-7-11-21)29(44)35-22(14-20-8-4-2-5-9-20)30(45)37-24(17-40)28(43)33-16-26(42)34-25(18-41)31(46)38-27/h2-11,19,22-25,27,39-41H,12-18H2,1H3,(H,33,43)(H,34,42)(H,35,44)(H,36,47)(H,37,45)(H,38,46)/t19-,22+,23?,24-,25-,27-/m0/s1. The van der Waals surface area contributed by atoms with E-state index in [9.17, 15) is 44.1 Å². The van der Waals surface area contributed by atoms with Crippen LogP contribution in [0.5, 0.6) is 0 Å². The highest BCUT2D eigenvalue weighted by Gasteiger charge is 2.35. The van der Waals surface area contributed by atoms with Crippen molar-refractivity contribution in [2.75, 3.05) is 26.4 Å². The summed E-state index contributed by atoms with van der Waals surface area (Å²) in [5.41, 5.74) is 1.34. The third kappa shape index (κ3) is 11.2. The highest BCUT2D eigenvalue weighted by molar-refractivity contribution is 5.97. The third-order valence-electron chi connectivity index (χ3n) is 7.64. The van der Waals surface area contributed by atoms with Crippen LogP contribution in [-0.2, 0) is 41.6 Å². The highest BCUT2D eigenvalue weighted by Crippen LogP contribution is 2.12. The number of amides is 6. The minimum Gasteiger partial charge on any atom is -0.396 e. The number of aliphatic hydroxyl groups is 3. The van der Waals surface area contributed by atoms with Crippen LogP contribution in [-0.4, -0.2) is 107 Å². The summed E-state index contributed by atoms with van der Waals surface area (Å²) in [6, 6.07) is 10.6. The number of carbonyl (C=O) groups is 6. The number of hydrogen-bond acceptors (Lipinski definition) is 9. The Labute approximate surface area is 271 Å². The van der Waals surface area contributed by atoms with Crippen LogP contribution in [0.2, 0.25) is 0 Å². The molecule has 1 heterocycles. The molecule has 9 N–H and O–H groups in total. The van der Waals surface area contributed by atoms with E-state index in [-0.39, 0.29) is 25.9 Å². The molecule has 1 aliphatic heterocycles. The maximum absolute atomic E-state index is 13.9. The van der Waals surface area contributed by atoms with Crippen LogP contribution >= 0.6 is 0 Å². The van der Waals surface area contributed by atoms with Crippen LogP contribution in [0.1, 0.15) is 24.5 Å². The molecule has 3 rings (SSSR count). The van der Waals surface area contributed by atoms with Crippen molar-refractivity contribution >= 4 is 35.4 Å². The van der Waals surface area contributed by atoms with Gasteiger partial charge in [-0.05, 0) is 23.5 Å². The molecule has 15 nitrogen and oxygen atoms in total. The van der Waals surface area contributed by atoms with E-state index in [1.54, 1.807) is 67.6 Å². The largest absolute Gasteiger partial charge is 0.396 e. The third-order valence-corrected chi connectivity index (χ3v) is 7.64. The van der Waals surface area contributed by atoms with Crippen molar-refractivity contribution < 1.29 is 44.1 Å². The number of benzene rings is 2. The van der Waals surface area contributed by atoms with E-state index in [2.05, 4.69) is 31.9 Å². The molecule has 0 aliphatic carbocycles. The lowest BCUT2D eigenvalue weighted by molar-refractivity contribution is -0.137. The van der Waals surface area contributed by atoms with Crippen molar-refractivity contribution in [1.29, 1.82) is 0 Å². The Hall–Kier alpha value is -4.86. The summed E-state index contributed by atoms with van der Waals surface area (Å²) < 4.78 is 0. The summed E-state index contributed by atoms with van der Waals surface area (Å²) in [6.45, 7) is -1.10. The van der Waals surface area contributed by atoms with Crippen LogP contribution in [0.15, 0.2) is 60.7 Å². The number of hydrogen-bond donors (Lipinski definition) is 9. The number of aliphatic hydroxyl groups excluding tert-OH is 3. The highest BCUT2D eigenvalue weighted by atomic mass is 16.3. The van der Waals surface area contributed by atoms with Gasteiger partial charge < -0.3 is 47.2 Å². The Kier molecular flexibility index (Phi) is 14.3. The summed E-state index contributed by atoms with van der Waals surface area (Å²) in [6.07, 6.45) is 0.0624. The summed E-state index contributed by atoms with van der Waals surface area (Å²) in [7, 11) is 0. The van der Waals surface area contributed by atoms with Gasteiger partial charge in [0.05, 0.1) is 19.8 Å². The normalized spacial score (nSPS) is 24.3. The quantitative estimate of drug-likeness (QED) is 0.134. The van der Waals surface area contributed by atoms with Gasteiger partial charge >= 0.3 is 0 Å². The molecule has 1 fully saturated rings. The van der Waals surface area contributed by atoms with Gasteiger partial charge in [-0.15, -0.1) is 0 Å². The molecule has 6 amide bonds. The zero-order valence-corrected chi connectivity index (χ0v) is 26.0. The fourth-order valence-corrected chi connectivity index (χ4v) is 4.94. The molecule has 2 aromatic carbocycles. The van der Waals surface area contributed by atoms with Gasteiger partial charge in [0.15, 0.2) is 0 Å². The van der Waals surface area contributed by atoms with E-state index in [1.807, 2.05) is 0 Å². The second-order valence-corrected chi connectivity index (χ2v) is 11.2. The van der Waals surface area contributed by atoms with Gasteiger partial charge in [0.2, 0.25) is 35.4 Å². The van der Waals surface area contributed by atoms with Crippen LogP contribution in [0.25, 0.3) is 0 Å². The summed E-state index contributed by atoms with van der Waals surface area (Å²) in [4.78, 5) is 79.6. The van der Waals surface area contributed by atoms with Crippen molar-refractivity contribution in [2.45, 2.75) is 56.4 Å². The lowest BCUT2D eigenvalue weighted by Gasteiger charge is -2.29. The number of carbonyl (C=O) groups excluding carboxylic acids is 6. The van der Waals surface area contributed by atoms with Crippen molar-refractivity contribution in [3.8, 4) is 0 Å². The Morgan fingerprint density at radius 3 is 1.53 bits per heavy atom. The minimum atomic E-state index is -1.52. The molecule has 0 saturated carbocycles. The Balaban J connectivity index is 2.04. The number of rotatable bonds is 9. The van der Waals surface area contributed by atoms with E-state index in [4.69, 9.17) is 0 Å². The fourth-order valence-electron chi connectivity index (χ4n) is 4.94. The van der Waals surface area contributed by atoms with Gasteiger partial charge in [-0.3, -0.25) is 28.8 Å². The molecule has 6 atom stereocenters. The van der Waals surface area contributed by atoms with E-state index < -0.39 is 91.3 Å². The molecule has 254 valence electrons. The fraction of sp³-hybridized carbons (Fsp3) is 0.438. The average Bonchev–Trinajstić information content (AvgIpc) is 3.07. The molecule has 1 aliphatic rings. The lowest BCUT2D eigenvalue weighted by Crippen LogP contribution is -2.62. The second-order valence-electron chi connectivity index (χ2n) is 11.2. The first-order valence-corrected chi connectivity index (χ1v) is 15.2. The van der Waals surface area contributed by atoms with E-state index >= 15 is 0 Å². The van der Waals surface area contributed by atoms with Crippen LogP contribution < -0.4 is 31.9 Å². The predicted molar refractivity (Wildman–Crippen MR) is 168 cm³/mol. The first-order chi connectivity index (χ1) is 22.6. The van der Waals surface area contributed by atoms with Crippen molar-refractivity contribution in [1.82, 2.24) is 31.9 Å². The molecule has 1 unspecified atom stereocenters. The Morgan fingerprint density at radius 2 is 1.04 bits per heavy atom. The SMILES string of the molecule is C[C@@H](CCO)[C@@H]1NC(=O)[C@H](CO)NC(=O)CNC(=O)[C@H](CO)NC(=O)[C@@H](Cc2ccccc2)NC(=O)C(Cc2ccccc2)NC1=O. The van der Waals surface area contributed by atoms with Gasteiger partial charge in [-0.2, -0.15) is 0 Å². The minimum absolute atomic E-state index is 0.00979. The first-order valence-electron chi connectivity index (χ1n) is 15.2. The molecule has 1 saturated heterocycles. The van der Waals surface area contributed by atoms with E-state index in [0.29, 0.717) is 11.1 Å². The van der Waals surface area contributed by atoms with Gasteiger partial charge in [0.25, 0.3) is 0 Å². The molecule has 2 aromatic rings. The monoisotopic (exact) mass is 654 g/mol. The Morgan fingerprint density at radius 1 is 0.596 bits per heavy atom. The maximum Gasteiger partial charge on any atom is 0.245 e. The zero-order chi connectivity index (χ0) is 34.3. The number of nitrogens with one attached hydrogen (secondary N) is 6. The smallest absolute Gasteiger partial charge is 0.245 e. The van der Waals surface area contributed by atoms with E-state index in [0.717, 1.165) is 0 Å². The van der Waals surface area contributed by atoms with Gasteiger partial charge in [-0.1, -0.05) is 67.6 Å². The molecule has 0 radical (unpaired) electrons. The summed E-state index contributed by atoms with van der Waals surface area (Å²) in [5, 5.41) is 44.0. The average molecular weight is 655 g/mol. The molecular formula is C32H42N6O9. The summed E-state index contributed by atoms with van der Waals surface area (Å²) in [5.74, 6) is -5.71. The topological polar surface area (TPSA) is 235 Å². The lowest BCUT2D eigenvalue weighted by atomic mass is 9.96. The van der Waals surface area contributed by atoms with Crippen LogP contribution in [0.4, 0.5) is 0 Å². The summed E-state index contributed by atoms with van der Waals surface area (Å²) >= 11 is 0. The van der Waals surface area contributed by atoms with Gasteiger partial charge in [0.1, 0.15) is 30.2 Å². The predicted octanol–water partition coefficient (Wildman–Crippen LogP) is -2.97. The van der Waals surface area contributed by atoms with Crippen LogP contribution in [0.3, 0.4) is 0 Å². The van der Waals surface area contributed by atoms with Crippen LogP contribution in [0, 0.1) is 5.92 Å². The maximum atomic E-state index is 13.9. The van der Waals surface area contributed by atoms with Crippen molar-refractivity contribution in [2.24, 2.45) is 5.92 Å². The molecule has 47 heavy (non-hydrogen) atoms. The molecule has 0 spiro atoms. The van der Waals surface area contributed by atoms with Gasteiger partial charge in [0, 0.05) is 19.4 Å². The van der Waals surface area contributed by atoms with Gasteiger partial charge in [-0.25, -0.2) is 0 Å².